The molecule has 2 amide bonds. The second kappa shape index (κ2) is 6.68. The maximum absolute atomic E-state index is 12.2. The Morgan fingerprint density at radius 3 is 2.77 bits per heavy atom. The normalized spacial score (nSPS) is 10.8. The van der Waals surface area contributed by atoms with Crippen LogP contribution in [0.25, 0.3) is 16.5 Å². The highest BCUT2D eigenvalue weighted by Crippen LogP contribution is 2.27. The molecular weight excluding hydrogens is 326 g/mol. The SMILES string of the molecule is NC(=O)N(Cc1cccc(-n2cccn2)c1)c1cccc2cnccc12. The zero-order valence-electron chi connectivity index (χ0n) is 14.0. The predicted octanol–water partition coefficient (Wildman–Crippen LogP) is 3.51. The number of carbonyl (C=O) groups excluding carboxylic acids is 1. The minimum absolute atomic E-state index is 0.367. The molecule has 0 saturated heterocycles. The zero-order chi connectivity index (χ0) is 17.9. The quantitative estimate of drug-likeness (QED) is 0.616. The molecule has 2 aromatic carbocycles. The molecule has 0 fully saturated rings. The van der Waals surface area contributed by atoms with Crippen molar-refractivity contribution < 1.29 is 4.79 Å². The van der Waals surface area contributed by atoms with Gasteiger partial charge in [-0.2, -0.15) is 5.10 Å². The lowest BCUT2D eigenvalue weighted by Crippen LogP contribution is -2.35. The average molecular weight is 343 g/mol. The van der Waals surface area contributed by atoms with E-state index in [1.54, 1.807) is 28.2 Å². The number of hydrogen-bond donors (Lipinski definition) is 1. The Labute approximate surface area is 150 Å². The molecule has 2 heterocycles. The van der Waals surface area contributed by atoms with Gasteiger partial charge in [-0.15, -0.1) is 0 Å². The fourth-order valence-corrected chi connectivity index (χ4v) is 3.02. The number of nitrogens with two attached hydrogens (primary N) is 1. The minimum Gasteiger partial charge on any atom is -0.351 e. The van der Waals surface area contributed by atoms with E-state index in [9.17, 15) is 4.79 Å². The van der Waals surface area contributed by atoms with Crippen molar-refractivity contribution in [1.29, 1.82) is 0 Å². The van der Waals surface area contributed by atoms with Crippen LogP contribution in [0.1, 0.15) is 5.56 Å². The van der Waals surface area contributed by atoms with Gasteiger partial charge in [-0.1, -0.05) is 24.3 Å². The smallest absolute Gasteiger partial charge is 0.319 e. The van der Waals surface area contributed by atoms with Crippen LogP contribution in [0.2, 0.25) is 0 Å². The maximum Gasteiger partial charge on any atom is 0.319 e. The fraction of sp³-hybridized carbons (Fsp3) is 0.0500. The standard InChI is InChI=1S/C20H17N5O/c21-20(26)24(19-7-2-5-16-13-22-10-8-18(16)19)14-15-4-1-6-17(12-15)25-11-3-9-23-25/h1-13H,14H2,(H2,21,26). The molecule has 2 N–H and O–H groups in total. The number of benzene rings is 2. The lowest BCUT2D eigenvalue weighted by Gasteiger charge is -2.22. The number of amides is 2. The summed E-state index contributed by atoms with van der Waals surface area (Å²) >= 11 is 0. The van der Waals surface area contributed by atoms with Gasteiger partial charge in [0.25, 0.3) is 0 Å². The molecule has 0 atom stereocenters. The summed E-state index contributed by atoms with van der Waals surface area (Å²) in [4.78, 5) is 17.9. The van der Waals surface area contributed by atoms with E-state index in [1.807, 2.05) is 60.8 Å². The lowest BCUT2D eigenvalue weighted by molar-refractivity contribution is 0.253. The molecule has 128 valence electrons. The molecule has 6 heteroatoms. The summed E-state index contributed by atoms with van der Waals surface area (Å²) in [6.45, 7) is 0.367. The van der Waals surface area contributed by atoms with Gasteiger partial charge in [0, 0.05) is 35.6 Å². The van der Waals surface area contributed by atoms with Gasteiger partial charge in [0.05, 0.1) is 17.9 Å². The highest BCUT2D eigenvalue weighted by atomic mass is 16.2. The summed E-state index contributed by atoms with van der Waals surface area (Å²) in [6, 6.07) is 16.9. The largest absolute Gasteiger partial charge is 0.351 e. The molecule has 0 unspecified atom stereocenters. The van der Waals surface area contributed by atoms with Crippen molar-refractivity contribution in [2.45, 2.75) is 6.54 Å². The topological polar surface area (TPSA) is 77.0 Å². The highest BCUT2D eigenvalue weighted by Gasteiger charge is 2.16. The van der Waals surface area contributed by atoms with Crippen LogP contribution in [0, 0.1) is 0 Å². The third-order valence-electron chi connectivity index (χ3n) is 4.23. The number of urea groups is 1. The van der Waals surface area contributed by atoms with Crippen LogP contribution in [0.3, 0.4) is 0 Å². The molecule has 0 radical (unpaired) electrons. The maximum atomic E-state index is 12.2. The van der Waals surface area contributed by atoms with Gasteiger partial charge >= 0.3 is 6.03 Å². The molecule has 0 aliphatic heterocycles. The van der Waals surface area contributed by atoms with Crippen LogP contribution in [0.15, 0.2) is 79.4 Å². The Kier molecular flexibility index (Phi) is 4.07. The number of carbonyl (C=O) groups is 1. The summed E-state index contributed by atoms with van der Waals surface area (Å²) in [5.74, 6) is 0. The fourth-order valence-electron chi connectivity index (χ4n) is 3.02. The first-order chi connectivity index (χ1) is 12.7. The van der Waals surface area contributed by atoms with E-state index in [0.29, 0.717) is 6.54 Å². The Morgan fingerprint density at radius 2 is 1.96 bits per heavy atom. The number of hydrogen-bond acceptors (Lipinski definition) is 3. The third-order valence-corrected chi connectivity index (χ3v) is 4.23. The van der Waals surface area contributed by atoms with Crippen molar-refractivity contribution in [2.24, 2.45) is 5.73 Å². The summed E-state index contributed by atoms with van der Waals surface area (Å²) < 4.78 is 1.78. The van der Waals surface area contributed by atoms with Crippen molar-refractivity contribution in [3.8, 4) is 5.69 Å². The van der Waals surface area contributed by atoms with E-state index in [2.05, 4.69) is 10.1 Å². The molecule has 4 rings (SSSR count). The Hall–Kier alpha value is -3.67. The number of aromatic nitrogens is 3. The van der Waals surface area contributed by atoms with Gasteiger partial charge in [0.2, 0.25) is 0 Å². The van der Waals surface area contributed by atoms with Crippen molar-refractivity contribution in [3.63, 3.8) is 0 Å². The van der Waals surface area contributed by atoms with Gasteiger partial charge in [-0.05, 0) is 35.9 Å². The summed E-state index contributed by atoms with van der Waals surface area (Å²) in [7, 11) is 0. The van der Waals surface area contributed by atoms with Crippen LogP contribution in [-0.4, -0.2) is 20.8 Å². The van der Waals surface area contributed by atoms with E-state index >= 15 is 0 Å². The number of rotatable bonds is 4. The van der Waals surface area contributed by atoms with Crippen LogP contribution in [-0.2, 0) is 6.54 Å². The van der Waals surface area contributed by atoms with E-state index in [-0.39, 0.29) is 0 Å². The predicted molar refractivity (Wildman–Crippen MR) is 101 cm³/mol. The zero-order valence-corrected chi connectivity index (χ0v) is 14.0. The number of anilines is 1. The van der Waals surface area contributed by atoms with Gasteiger partial charge in [0.15, 0.2) is 0 Å². The molecule has 4 aromatic rings. The van der Waals surface area contributed by atoms with Gasteiger partial charge < -0.3 is 5.73 Å². The van der Waals surface area contributed by atoms with Gasteiger partial charge in [-0.25, -0.2) is 9.48 Å². The average Bonchev–Trinajstić information content (AvgIpc) is 3.21. The number of nitrogens with zero attached hydrogens (tertiary/aromatic N) is 4. The van der Waals surface area contributed by atoms with Gasteiger partial charge in [-0.3, -0.25) is 9.88 Å². The molecule has 0 bridgehead atoms. The first-order valence-corrected chi connectivity index (χ1v) is 8.21. The number of fused-ring (bicyclic) bond motifs is 1. The van der Waals surface area contributed by atoms with E-state index < -0.39 is 6.03 Å². The van der Waals surface area contributed by atoms with E-state index in [4.69, 9.17) is 5.73 Å². The van der Waals surface area contributed by atoms with Crippen LogP contribution in [0.5, 0.6) is 0 Å². The molecule has 0 saturated carbocycles. The van der Waals surface area contributed by atoms with Gasteiger partial charge in [0.1, 0.15) is 0 Å². The van der Waals surface area contributed by atoms with Crippen LogP contribution < -0.4 is 10.6 Å². The van der Waals surface area contributed by atoms with E-state index in [1.165, 1.54) is 0 Å². The summed E-state index contributed by atoms with van der Waals surface area (Å²) in [5, 5.41) is 6.14. The molecular formula is C20H17N5O. The molecule has 0 spiro atoms. The van der Waals surface area contributed by atoms with Crippen molar-refractivity contribution in [1.82, 2.24) is 14.8 Å². The Morgan fingerprint density at radius 1 is 1.08 bits per heavy atom. The second-order valence-electron chi connectivity index (χ2n) is 5.92. The lowest BCUT2D eigenvalue weighted by atomic mass is 10.1. The molecule has 6 nitrogen and oxygen atoms in total. The molecule has 26 heavy (non-hydrogen) atoms. The first kappa shape index (κ1) is 15.8. The van der Waals surface area contributed by atoms with Crippen LogP contribution >= 0.6 is 0 Å². The van der Waals surface area contributed by atoms with Crippen molar-refractivity contribution >= 4 is 22.5 Å². The summed E-state index contributed by atoms with van der Waals surface area (Å²) in [5.41, 5.74) is 8.35. The molecule has 0 aliphatic rings. The number of primary amides is 1. The number of pyridine rings is 1. The Balaban J connectivity index is 1.72. The first-order valence-electron chi connectivity index (χ1n) is 8.21. The monoisotopic (exact) mass is 343 g/mol. The second-order valence-corrected chi connectivity index (χ2v) is 5.92. The van der Waals surface area contributed by atoms with E-state index in [0.717, 1.165) is 27.7 Å². The third kappa shape index (κ3) is 3.00. The minimum atomic E-state index is -0.501. The highest BCUT2D eigenvalue weighted by molar-refractivity contribution is 6.02. The molecule has 0 aliphatic carbocycles. The van der Waals surface area contributed by atoms with Crippen molar-refractivity contribution in [3.05, 3.63) is 84.9 Å². The van der Waals surface area contributed by atoms with Crippen molar-refractivity contribution in [2.75, 3.05) is 4.90 Å². The molecule has 2 aromatic heterocycles. The Bertz CT molecular complexity index is 1050. The summed E-state index contributed by atoms with van der Waals surface area (Å²) in [6.07, 6.45) is 7.09. The van der Waals surface area contributed by atoms with Crippen LogP contribution in [0.4, 0.5) is 10.5 Å².